The lowest BCUT2D eigenvalue weighted by molar-refractivity contribution is 0.0532. The first-order valence-corrected chi connectivity index (χ1v) is 9.44. The van der Waals surface area contributed by atoms with E-state index in [-0.39, 0.29) is 0 Å². The zero-order valence-electron chi connectivity index (χ0n) is 12.1. The Morgan fingerprint density at radius 2 is 1.50 bits per heavy atom. The molecular weight excluding hydrogens is 214 g/mol. The lowest BCUT2D eigenvalue weighted by Gasteiger charge is -2.44. The minimum Gasteiger partial charge on any atom is -0.413 e. The third-order valence-corrected chi connectivity index (χ3v) is 8.76. The Bertz CT molecular complexity index is 225. The third kappa shape index (κ3) is 3.08. The Kier molecular flexibility index (Phi) is 4.25. The van der Waals surface area contributed by atoms with E-state index >= 15 is 0 Å². The van der Waals surface area contributed by atoms with Crippen LogP contribution in [0, 0.1) is 11.8 Å². The van der Waals surface area contributed by atoms with Crippen LogP contribution in [-0.2, 0) is 4.43 Å². The van der Waals surface area contributed by atoms with Crippen molar-refractivity contribution >= 4 is 8.32 Å². The Morgan fingerprint density at radius 3 is 1.88 bits per heavy atom. The summed E-state index contributed by atoms with van der Waals surface area (Å²) in [4.78, 5) is 0. The van der Waals surface area contributed by atoms with Gasteiger partial charge in [-0.3, -0.25) is 0 Å². The lowest BCUT2D eigenvalue weighted by Crippen LogP contribution is -2.53. The first kappa shape index (κ1) is 14.2. The molecule has 16 heavy (non-hydrogen) atoms. The van der Waals surface area contributed by atoms with Gasteiger partial charge < -0.3 is 9.74 Å². The predicted octanol–water partition coefficient (Wildman–Crippen LogP) is 3.25. The maximum Gasteiger partial charge on any atom is 0.192 e. The monoisotopic (exact) mass is 243 g/mol. The Balaban J connectivity index is 2.71. The van der Waals surface area contributed by atoms with Crippen LogP contribution in [0.3, 0.4) is 0 Å². The lowest BCUT2D eigenvalue weighted by atomic mass is 9.90. The van der Waals surface area contributed by atoms with E-state index in [2.05, 4.69) is 53.0 Å². The van der Waals surface area contributed by atoms with Crippen LogP contribution in [0.2, 0.25) is 18.1 Å². The van der Waals surface area contributed by atoms with Gasteiger partial charge in [0.05, 0.1) is 6.10 Å². The molecule has 1 N–H and O–H groups in total. The number of hydrogen-bond donors (Lipinski definition) is 1. The molecule has 96 valence electrons. The van der Waals surface area contributed by atoms with Crippen LogP contribution in [0.15, 0.2) is 0 Å². The molecule has 1 fully saturated rings. The molecule has 0 radical (unpaired) electrons. The van der Waals surface area contributed by atoms with Crippen molar-refractivity contribution in [2.75, 3.05) is 13.1 Å². The van der Waals surface area contributed by atoms with Crippen molar-refractivity contribution in [2.45, 2.75) is 58.9 Å². The van der Waals surface area contributed by atoms with Gasteiger partial charge >= 0.3 is 0 Å². The fourth-order valence-corrected chi connectivity index (χ4v) is 3.58. The molecule has 1 heterocycles. The Morgan fingerprint density at radius 1 is 1.06 bits per heavy atom. The van der Waals surface area contributed by atoms with Gasteiger partial charge in [-0.2, -0.15) is 0 Å². The molecule has 0 saturated carbocycles. The largest absolute Gasteiger partial charge is 0.413 e. The molecule has 1 aliphatic heterocycles. The number of nitrogens with one attached hydrogen (secondary N) is 1. The molecule has 0 bridgehead atoms. The van der Waals surface area contributed by atoms with Gasteiger partial charge in [-0.25, -0.2) is 0 Å². The zero-order chi connectivity index (χ0) is 12.6. The molecule has 0 aliphatic carbocycles. The molecule has 1 rings (SSSR count). The van der Waals surface area contributed by atoms with Crippen molar-refractivity contribution in [1.82, 2.24) is 5.32 Å². The van der Waals surface area contributed by atoms with E-state index in [1.165, 1.54) is 0 Å². The zero-order valence-corrected chi connectivity index (χ0v) is 13.1. The van der Waals surface area contributed by atoms with Crippen LogP contribution in [-0.4, -0.2) is 27.5 Å². The van der Waals surface area contributed by atoms with E-state index in [0.29, 0.717) is 23.0 Å². The summed E-state index contributed by atoms with van der Waals surface area (Å²) in [7, 11) is -1.60. The summed E-state index contributed by atoms with van der Waals surface area (Å²) in [6.45, 7) is 18.5. The van der Waals surface area contributed by atoms with Crippen LogP contribution >= 0.6 is 0 Å². The minimum atomic E-state index is -1.60. The van der Waals surface area contributed by atoms with E-state index < -0.39 is 8.32 Å². The van der Waals surface area contributed by atoms with Gasteiger partial charge in [0, 0.05) is 13.1 Å². The normalized spacial score (nSPS) is 32.8. The Hall–Kier alpha value is 0.137. The van der Waals surface area contributed by atoms with Crippen LogP contribution in [0.4, 0.5) is 0 Å². The third-order valence-electron chi connectivity index (χ3n) is 4.29. The number of piperidine rings is 1. The fraction of sp³-hybridized carbons (Fsp3) is 1.00. The van der Waals surface area contributed by atoms with E-state index in [0.717, 1.165) is 13.1 Å². The molecule has 0 spiro atoms. The highest BCUT2D eigenvalue weighted by atomic mass is 28.4. The molecule has 2 nitrogen and oxygen atoms in total. The van der Waals surface area contributed by atoms with Gasteiger partial charge in [0.15, 0.2) is 8.32 Å². The average molecular weight is 243 g/mol. The molecule has 0 unspecified atom stereocenters. The standard InChI is InChI=1S/C13H29NOSi/c1-10-8-14-9-11(2)12(10)15-16(6,7)13(3,4)5/h10-12,14H,8-9H2,1-7H3/t10-,11+,12-. The second-order valence-electron chi connectivity index (χ2n) is 6.96. The van der Waals surface area contributed by atoms with E-state index in [4.69, 9.17) is 4.43 Å². The average Bonchev–Trinajstić information content (AvgIpc) is 2.10. The van der Waals surface area contributed by atoms with Crippen molar-refractivity contribution in [2.24, 2.45) is 11.8 Å². The number of rotatable bonds is 2. The first-order valence-electron chi connectivity index (χ1n) is 6.53. The van der Waals surface area contributed by atoms with Crippen molar-refractivity contribution in [3.05, 3.63) is 0 Å². The molecular formula is C13H29NOSi. The maximum atomic E-state index is 6.57. The molecule has 0 aromatic carbocycles. The van der Waals surface area contributed by atoms with Crippen molar-refractivity contribution in [3.8, 4) is 0 Å². The summed E-state index contributed by atoms with van der Waals surface area (Å²) in [6, 6.07) is 0. The molecule has 0 amide bonds. The van der Waals surface area contributed by atoms with Crippen LogP contribution in [0.25, 0.3) is 0 Å². The highest BCUT2D eigenvalue weighted by molar-refractivity contribution is 6.74. The SMILES string of the molecule is C[C@@H]1CNC[C@H](C)[C@@H]1O[Si](C)(C)C(C)(C)C. The van der Waals surface area contributed by atoms with Gasteiger partial charge in [-0.05, 0) is 30.0 Å². The van der Waals surface area contributed by atoms with Crippen molar-refractivity contribution in [1.29, 1.82) is 0 Å². The van der Waals surface area contributed by atoms with Gasteiger partial charge in [-0.15, -0.1) is 0 Å². The smallest absolute Gasteiger partial charge is 0.192 e. The molecule has 1 saturated heterocycles. The quantitative estimate of drug-likeness (QED) is 0.752. The highest BCUT2D eigenvalue weighted by Crippen LogP contribution is 2.39. The first-order chi connectivity index (χ1) is 7.15. The van der Waals surface area contributed by atoms with E-state index in [1.807, 2.05) is 0 Å². The van der Waals surface area contributed by atoms with E-state index in [9.17, 15) is 0 Å². The highest BCUT2D eigenvalue weighted by Gasteiger charge is 2.42. The topological polar surface area (TPSA) is 21.3 Å². The van der Waals surface area contributed by atoms with E-state index in [1.54, 1.807) is 0 Å². The summed E-state index contributed by atoms with van der Waals surface area (Å²) < 4.78 is 6.57. The van der Waals surface area contributed by atoms with Gasteiger partial charge in [0.1, 0.15) is 0 Å². The molecule has 3 atom stereocenters. The summed E-state index contributed by atoms with van der Waals surface area (Å²) in [5.41, 5.74) is 0. The summed E-state index contributed by atoms with van der Waals surface area (Å²) in [6.07, 6.45) is 0.446. The summed E-state index contributed by atoms with van der Waals surface area (Å²) in [5, 5.41) is 3.79. The summed E-state index contributed by atoms with van der Waals surface area (Å²) in [5.74, 6) is 1.27. The second kappa shape index (κ2) is 4.79. The summed E-state index contributed by atoms with van der Waals surface area (Å²) >= 11 is 0. The maximum absolute atomic E-state index is 6.57. The second-order valence-corrected chi connectivity index (χ2v) is 11.7. The minimum absolute atomic E-state index is 0.317. The van der Waals surface area contributed by atoms with Crippen molar-refractivity contribution < 1.29 is 4.43 Å². The van der Waals surface area contributed by atoms with Gasteiger partial charge in [-0.1, -0.05) is 34.6 Å². The fourth-order valence-electron chi connectivity index (χ4n) is 2.08. The predicted molar refractivity (Wildman–Crippen MR) is 73.3 cm³/mol. The van der Waals surface area contributed by atoms with Gasteiger partial charge in [0.2, 0.25) is 0 Å². The van der Waals surface area contributed by atoms with Crippen LogP contribution in [0.5, 0.6) is 0 Å². The molecule has 1 aliphatic rings. The molecule has 0 aromatic rings. The van der Waals surface area contributed by atoms with Crippen LogP contribution < -0.4 is 5.32 Å². The Labute approximate surface area is 102 Å². The molecule has 0 aromatic heterocycles. The van der Waals surface area contributed by atoms with Crippen LogP contribution in [0.1, 0.15) is 34.6 Å². The van der Waals surface area contributed by atoms with Gasteiger partial charge in [0.25, 0.3) is 0 Å². The number of hydrogen-bond acceptors (Lipinski definition) is 2. The van der Waals surface area contributed by atoms with Crippen molar-refractivity contribution in [3.63, 3.8) is 0 Å². The molecule has 3 heteroatoms.